The van der Waals surface area contributed by atoms with Gasteiger partial charge in [-0.2, -0.15) is 0 Å². The number of sulfonamides is 1. The van der Waals surface area contributed by atoms with Crippen LogP contribution in [0.5, 0.6) is 0 Å². The van der Waals surface area contributed by atoms with Crippen molar-refractivity contribution in [3.8, 4) is 0 Å². The predicted octanol–water partition coefficient (Wildman–Crippen LogP) is 1.86. The molecule has 112 valence electrons. The van der Waals surface area contributed by atoms with E-state index in [1.54, 1.807) is 12.1 Å². The Balaban J connectivity index is 2.50. The molecule has 1 heterocycles. The molecule has 1 aromatic heterocycles. The molecule has 0 unspecified atom stereocenters. The summed E-state index contributed by atoms with van der Waals surface area (Å²) in [6, 6.07) is 8.25. The van der Waals surface area contributed by atoms with Gasteiger partial charge in [0, 0.05) is 20.3 Å². The number of benzene rings is 1. The molecule has 0 spiro atoms. The lowest BCUT2D eigenvalue weighted by Gasteiger charge is -2.20. The molecule has 0 aliphatic rings. The highest BCUT2D eigenvalue weighted by Gasteiger charge is 2.25. The van der Waals surface area contributed by atoms with Crippen molar-refractivity contribution in [2.45, 2.75) is 11.8 Å². The quantitative estimate of drug-likeness (QED) is 0.935. The third-order valence-electron chi connectivity index (χ3n) is 3.31. The summed E-state index contributed by atoms with van der Waals surface area (Å²) in [5, 5.41) is 9.02. The van der Waals surface area contributed by atoms with E-state index in [2.05, 4.69) is 0 Å². The second kappa shape index (κ2) is 5.25. The average Bonchev–Trinajstić information content (AvgIpc) is 2.81. The van der Waals surface area contributed by atoms with E-state index in [1.165, 1.54) is 24.9 Å². The van der Waals surface area contributed by atoms with Crippen LogP contribution in [-0.2, 0) is 17.1 Å². The molecule has 0 fully saturated rings. The van der Waals surface area contributed by atoms with E-state index in [-0.39, 0.29) is 10.6 Å². The van der Waals surface area contributed by atoms with Crippen LogP contribution in [0.4, 0.5) is 5.69 Å². The molecular weight excluding hydrogens is 292 g/mol. The number of aromatic nitrogens is 1. The summed E-state index contributed by atoms with van der Waals surface area (Å²) in [6.45, 7) is 1.81. The number of hydrogen-bond donors (Lipinski definition) is 1. The summed E-state index contributed by atoms with van der Waals surface area (Å²) in [7, 11) is -0.855. The Bertz CT molecular complexity index is 793. The number of carboxylic acid groups (broad SMARTS) is 1. The number of hydrogen-bond acceptors (Lipinski definition) is 3. The number of carbonyl (C=O) groups is 1. The number of para-hydroxylation sites is 1. The van der Waals surface area contributed by atoms with Crippen LogP contribution in [0.3, 0.4) is 0 Å². The van der Waals surface area contributed by atoms with Gasteiger partial charge in [-0.3, -0.25) is 4.31 Å². The Morgan fingerprint density at radius 2 is 1.90 bits per heavy atom. The van der Waals surface area contributed by atoms with Gasteiger partial charge in [-0.25, -0.2) is 13.2 Å². The van der Waals surface area contributed by atoms with Gasteiger partial charge < -0.3 is 9.67 Å². The van der Waals surface area contributed by atoms with Gasteiger partial charge in [-0.15, -0.1) is 0 Å². The largest absolute Gasteiger partial charge is 0.477 e. The summed E-state index contributed by atoms with van der Waals surface area (Å²) < 4.78 is 27.6. The van der Waals surface area contributed by atoms with Crippen LogP contribution in [0.1, 0.15) is 16.1 Å². The number of nitrogens with zero attached hydrogens (tertiary/aromatic N) is 2. The fraction of sp³-hybridized carbons (Fsp3) is 0.214. The number of aryl methyl sites for hydroxylation is 2. The van der Waals surface area contributed by atoms with Gasteiger partial charge >= 0.3 is 5.97 Å². The number of aromatic carboxylic acids is 1. The summed E-state index contributed by atoms with van der Waals surface area (Å²) in [5.41, 5.74) is 1.29. The molecule has 1 aromatic carbocycles. The molecule has 0 aliphatic carbocycles. The lowest BCUT2D eigenvalue weighted by atomic mass is 10.2. The zero-order chi connectivity index (χ0) is 15.8. The van der Waals surface area contributed by atoms with E-state index in [9.17, 15) is 13.2 Å². The monoisotopic (exact) mass is 308 g/mol. The van der Waals surface area contributed by atoms with Crippen molar-refractivity contribution in [3.63, 3.8) is 0 Å². The summed E-state index contributed by atoms with van der Waals surface area (Å²) in [4.78, 5) is 11.0. The Hall–Kier alpha value is -2.28. The highest BCUT2D eigenvalue weighted by Crippen LogP contribution is 2.25. The maximum atomic E-state index is 12.6. The zero-order valence-electron chi connectivity index (χ0n) is 11.9. The van der Waals surface area contributed by atoms with Crippen LogP contribution in [0.2, 0.25) is 0 Å². The second-order valence-electron chi connectivity index (χ2n) is 4.74. The number of carboxylic acids is 1. The predicted molar refractivity (Wildman–Crippen MR) is 79.1 cm³/mol. The Morgan fingerprint density at radius 1 is 1.29 bits per heavy atom. The molecule has 0 amide bonds. The normalized spacial score (nSPS) is 11.4. The van der Waals surface area contributed by atoms with E-state index in [0.29, 0.717) is 5.69 Å². The van der Waals surface area contributed by atoms with Crippen molar-refractivity contribution in [3.05, 3.63) is 47.8 Å². The van der Waals surface area contributed by atoms with E-state index < -0.39 is 16.0 Å². The molecule has 0 saturated heterocycles. The number of anilines is 1. The number of rotatable bonds is 4. The van der Waals surface area contributed by atoms with Crippen molar-refractivity contribution < 1.29 is 18.3 Å². The highest BCUT2D eigenvalue weighted by molar-refractivity contribution is 7.92. The Labute approximate surface area is 123 Å². The van der Waals surface area contributed by atoms with Gasteiger partial charge in [0.1, 0.15) is 10.6 Å². The van der Waals surface area contributed by atoms with Gasteiger partial charge in [-0.05, 0) is 24.6 Å². The molecule has 0 bridgehead atoms. The van der Waals surface area contributed by atoms with Crippen LogP contribution >= 0.6 is 0 Å². The molecule has 2 rings (SSSR count). The average molecular weight is 308 g/mol. The molecule has 6 nitrogen and oxygen atoms in total. The first-order valence-electron chi connectivity index (χ1n) is 6.19. The van der Waals surface area contributed by atoms with E-state index in [0.717, 1.165) is 15.9 Å². The third-order valence-corrected chi connectivity index (χ3v) is 5.05. The van der Waals surface area contributed by atoms with Gasteiger partial charge in [-0.1, -0.05) is 18.2 Å². The van der Waals surface area contributed by atoms with Crippen LogP contribution < -0.4 is 4.31 Å². The first-order chi connectivity index (χ1) is 9.75. The standard InChI is InChI=1S/C14H16N2O4S/c1-10-6-4-5-7-12(10)16(3)21(19,20)11-8-13(14(17)18)15(2)9-11/h4-9H,1-3H3,(H,17,18). The van der Waals surface area contributed by atoms with Crippen LogP contribution in [0.25, 0.3) is 0 Å². The molecule has 0 radical (unpaired) electrons. The maximum Gasteiger partial charge on any atom is 0.352 e. The molecular formula is C14H16N2O4S. The van der Waals surface area contributed by atoms with Crippen LogP contribution in [0, 0.1) is 6.92 Å². The molecule has 0 aliphatic heterocycles. The van der Waals surface area contributed by atoms with Crippen molar-refractivity contribution in [1.29, 1.82) is 0 Å². The third kappa shape index (κ3) is 2.64. The van der Waals surface area contributed by atoms with E-state index >= 15 is 0 Å². The molecule has 0 saturated carbocycles. The first-order valence-corrected chi connectivity index (χ1v) is 7.63. The Morgan fingerprint density at radius 3 is 2.43 bits per heavy atom. The minimum Gasteiger partial charge on any atom is -0.477 e. The van der Waals surface area contributed by atoms with Gasteiger partial charge in [0.05, 0.1) is 5.69 Å². The second-order valence-corrected chi connectivity index (χ2v) is 6.71. The fourth-order valence-electron chi connectivity index (χ4n) is 2.09. The molecule has 7 heteroatoms. The minimum absolute atomic E-state index is 0.0480. The fourth-order valence-corrected chi connectivity index (χ4v) is 3.42. The van der Waals surface area contributed by atoms with Crippen molar-refractivity contribution in [1.82, 2.24) is 4.57 Å². The van der Waals surface area contributed by atoms with Crippen molar-refractivity contribution in [2.75, 3.05) is 11.4 Å². The molecule has 2 aromatic rings. The Kier molecular flexibility index (Phi) is 3.78. The maximum absolute atomic E-state index is 12.6. The van der Waals surface area contributed by atoms with E-state index in [1.807, 2.05) is 19.1 Å². The van der Waals surface area contributed by atoms with E-state index in [4.69, 9.17) is 5.11 Å². The highest BCUT2D eigenvalue weighted by atomic mass is 32.2. The summed E-state index contributed by atoms with van der Waals surface area (Å²) in [5.74, 6) is -1.17. The smallest absolute Gasteiger partial charge is 0.352 e. The molecule has 21 heavy (non-hydrogen) atoms. The minimum atomic E-state index is -3.80. The molecule has 1 N–H and O–H groups in total. The zero-order valence-corrected chi connectivity index (χ0v) is 12.8. The van der Waals surface area contributed by atoms with Gasteiger partial charge in [0.2, 0.25) is 0 Å². The lowest BCUT2D eigenvalue weighted by molar-refractivity contribution is 0.0686. The summed E-state index contributed by atoms with van der Waals surface area (Å²) in [6.07, 6.45) is 1.30. The topological polar surface area (TPSA) is 79.6 Å². The molecule has 0 atom stereocenters. The lowest BCUT2D eigenvalue weighted by Crippen LogP contribution is -2.26. The summed E-state index contributed by atoms with van der Waals surface area (Å²) >= 11 is 0. The van der Waals surface area contributed by atoms with Gasteiger partial charge in [0.25, 0.3) is 10.0 Å². The SMILES string of the molecule is Cc1ccccc1N(C)S(=O)(=O)c1cc(C(=O)O)n(C)c1. The van der Waals surface area contributed by atoms with Gasteiger partial charge in [0.15, 0.2) is 0 Å². The van der Waals surface area contributed by atoms with Crippen LogP contribution in [-0.4, -0.2) is 31.1 Å². The van der Waals surface area contributed by atoms with Crippen molar-refractivity contribution in [2.24, 2.45) is 7.05 Å². The van der Waals surface area contributed by atoms with Crippen LogP contribution in [0.15, 0.2) is 41.4 Å². The first kappa shape index (κ1) is 15.1. The van der Waals surface area contributed by atoms with Crippen molar-refractivity contribution >= 4 is 21.7 Å².